The lowest BCUT2D eigenvalue weighted by Gasteiger charge is -2.18. The summed E-state index contributed by atoms with van der Waals surface area (Å²) < 4.78 is 27.1. The summed E-state index contributed by atoms with van der Waals surface area (Å²) in [5, 5.41) is 0. The molecule has 0 aliphatic rings. The molecular formula is C15H17BrN2O2S. The van der Waals surface area contributed by atoms with E-state index in [0.29, 0.717) is 16.7 Å². The first-order valence-electron chi connectivity index (χ1n) is 6.37. The molecule has 0 saturated carbocycles. The summed E-state index contributed by atoms with van der Waals surface area (Å²) >= 11 is 3.27. The third kappa shape index (κ3) is 3.64. The van der Waals surface area contributed by atoms with Gasteiger partial charge in [-0.3, -0.25) is 0 Å². The van der Waals surface area contributed by atoms with E-state index in [9.17, 15) is 8.42 Å². The number of hydrogen-bond donors (Lipinski definition) is 1. The molecule has 0 saturated heterocycles. The normalized spacial score (nSPS) is 11.8. The van der Waals surface area contributed by atoms with Crippen molar-refractivity contribution in [2.24, 2.45) is 0 Å². The van der Waals surface area contributed by atoms with Gasteiger partial charge in [-0.2, -0.15) is 4.31 Å². The topological polar surface area (TPSA) is 63.4 Å². The van der Waals surface area contributed by atoms with Gasteiger partial charge in [-0.25, -0.2) is 8.42 Å². The van der Waals surface area contributed by atoms with Crippen molar-refractivity contribution in [3.05, 3.63) is 58.1 Å². The van der Waals surface area contributed by atoms with Crippen LogP contribution in [-0.4, -0.2) is 19.8 Å². The monoisotopic (exact) mass is 368 g/mol. The molecule has 2 aromatic rings. The van der Waals surface area contributed by atoms with Crippen molar-refractivity contribution in [1.29, 1.82) is 0 Å². The molecule has 21 heavy (non-hydrogen) atoms. The lowest BCUT2D eigenvalue weighted by Crippen LogP contribution is -2.26. The van der Waals surface area contributed by atoms with Crippen LogP contribution < -0.4 is 5.73 Å². The van der Waals surface area contributed by atoms with Crippen LogP contribution in [0.2, 0.25) is 0 Å². The van der Waals surface area contributed by atoms with E-state index < -0.39 is 10.0 Å². The van der Waals surface area contributed by atoms with E-state index in [0.717, 1.165) is 11.1 Å². The van der Waals surface area contributed by atoms with Crippen LogP contribution in [0.3, 0.4) is 0 Å². The van der Waals surface area contributed by atoms with E-state index in [4.69, 9.17) is 5.73 Å². The predicted octanol–water partition coefficient (Wildman–Crippen LogP) is 3.16. The van der Waals surface area contributed by atoms with E-state index in [1.54, 1.807) is 19.2 Å². The van der Waals surface area contributed by atoms with Gasteiger partial charge in [0.2, 0.25) is 10.0 Å². The predicted molar refractivity (Wildman–Crippen MR) is 88.4 cm³/mol. The maximum Gasteiger partial charge on any atom is 0.244 e. The van der Waals surface area contributed by atoms with E-state index in [1.807, 2.05) is 31.2 Å². The fourth-order valence-corrected chi connectivity index (χ4v) is 4.04. The number of anilines is 1. The van der Waals surface area contributed by atoms with Gasteiger partial charge in [0.15, 0.2) is 0 Å². The Kier molecular flexibility index (Phi) is 4.70. The third-order valence-electron chi connectivity index (χ3n) is 3.17. The van der Waals surface area contributed by atoms with Gasteiger partial charge in [0.25, 0.3) is 0 Å². The summed E-state index contributed by atoms with van der Waals surface area (Å²) in [4.78, 5) is 0.178. The zero-order valence-corrected chi connectivity index (χ0v) is 14.3. The summed E-state index contributed by atoms with van der Waals surface area (Å²) in [6.07, 6.45) is 0. The highest BCUT2D eigenvalue weighted by atomic mass is 79.9. The Morgan fingerprint density at radius 3 is 2.38 bits per heavy atom. The fourth-order valence-electron chi connectivity index (χ4n) is 1.92. The minimum atomic E-state index is -3.59. The molecule has 0 aromatic heterocycles. The molecule has 112 valence electrons. The van der Waals surface area contributed by atoms with Gasteiger partial charge < -0.3 is 5.73 Å². The number of nitrogen functional groups attached to an aromatic ring is 1. The summed E-state index contributed by atoms with van der Waals surface area (Å²) in [7, 11) is -2.03. The van der Waals surface area contributed by atoms with Crippen molar-refractivity contribution < 1.29 is 8.42 Å². The highest BCUT2D eigenvalue weighted by molar-refractivity contribution is 9.10. The first kappa shape index (κ1) is 16.0. The zero-order chi connectivity index (χ0) is 15.6. The Labute approximate surface area is 133 Å². The van der Waals surface area contributed by atoms with Crippen LogP contribution in [0.1, 0.15) is 11.1 Å². The van der Waals surface area contributed by atoms with Crippen LogP contribution in [-0.2, 0) is 16.6 Å². The minimum absolute atomic E-state index is 0.178. The van der Waals surface area contributed by atoms with Crippen LogP contribution in [0.15, 0.2) is 51.8 Å². The number of nitrogens with zero attached hydrogens (tertiary/aromatic N) is 1. The highest BCUT2D eigenvalue weighted by Gasteiger charge is 2.23. The number of rotatable bonds is 4. The van der Waals surface area contributed by atoms with Crippen LogP contribution in [0.4, 0.5) is 5.69 Å². The molecule has 0 unspecified atom stereocenters. The van der Waals surface area contributed by atoms with Gasteiger partial charge in [-0.1, -0.05) is 29.8 Å². The molecule has 0 aliphatic heterocycles. The molecule has 0 bridgehead atoms. The van der Waals surface area contributed by atoms with Gasteiger partial charge in [0, 0.05) is 23.8 Å². The van der Waals surface area contributed by atoms with E-state index in [1.165, 1.54) is 10.4 Å². The molecule has 0 atom stereocenters. The molecule has 0 amide bonds. The largest absolute Gasteiger partial charge is 0.399 e. The number of nitrogens with two attached hydrogens (primary N) is 1. The number of sulfonamides is 1. The van der Waals surface area contributed by atoms with Crippen molar-refractivity contribution in [3.8, 4) is 0 Å². The second-order valence-corrected chi connectivity index (χ2v) is 7.80. The quantitative estimate of drug-likeness (QED) is 0.842. The fraction of sp³-hybridized carbons (Fsp3) is 0.200. The number of halogens is 1. The minimum Gasteiger partial charge on any atom is -0.399 e. The second-order valence-electron chi connectivity index (χ2n) is 4.94. The Hall–Kier alpha value is -1.37. The van der Waals surface area contributed by atoms with Crippen molar-refractivity contribution in [2.45, 2.75) is 18.4 Å². The number of hydrogen-bond acceptors (Lipinski definition) is 3. The Morgan fingerprint density at radius 1 is 1.14 bits per heavy atom. The standard InChI is InChI=1S/C15H17BrN2O2S/c1-11-3-5-12(6-4-11)10-18(2)21(19,20)15-9-13(17)7-8-14(15)16/h3-9H,10,17H2,1-2H3. The first-order valence-corrected chi connectivity index (χ1v) is 8.61. The molecule has 0 aliphatic carbocycles. The number of benzene rings is 2. The second kappa shape index (κ2) is 6.17. The maximum atomic E-state index is 12.6. The number of aryl methyl sites for hydroxylation is 1. The zero-order valence-electron chi connectivity index (χ0n) is 11.9. The van der Waals surface area contributed by atoms with Crippen LogP contribution in [0.25, 0.3) is 0 Å². The lowest BCUT2D eigenvalue weighted by atomic mass is 10.1. The molecule has 0 fully saturated rings. The SMILES string of the molecule is Cc1ccc(CN(C)S(=O)(=O)c2cc(N)ccc2Br)cc1. The Morgan fingerprint density at radius 2 is 1.76 bits per heavy atom. The third-order valence-corrected chi connectivity index (χ3v) is 5.97. The molecule has 2 aromatic carbocycles. The Balaban J connectivity index is 2.30. The average molecular weight is 369 g/mol. The summed E-state index contributed by atoms with van der Waals surface area (Å²) in [6, 6.07) is 12.5. The highest BCUT2D eigenvalue weighted by Crippen LogP contribution is 2.27. The lowest BCUT2D eigenvalue weighted by molar-refractivity contribution is 0.466. The van der Waals surface area contributed by atoms with Crippen LogP contribution >= 0.6 is 15.9 Å². The van der Waals surface area contributed by atoms with E-state index in [2.05, 4.69) is 15.9 Å². The summed E-state index contributed by atoms with van der Waals surface area (Å²) in [5.74, 6) is 0. The van der Waals surface area contributed by atoms with Crippen molar-refractivity contribution >= 4 is 31.6 Å². The smallest absolute Gasteiger partial charge is 0.244 e. The van der Waals surface area contributed by atoms with Gasteiger partial charge in [0.05, 0.1) is 4.90 Å². The molecule has 0 radical (unpaired) electrons. The molecule has 6 heteroatoms. The van der Waals surface area contributed by atoms with E-state index >= 15 is 0 Å². The van der Waals surface area contributed by atoms with Crippen molar-refractivity contribution in [3.63, 3.8) is 0 Å². The molecular weight excluding hydrogens is 352 g/mol. The maximum absolute atomic E-state index is 12.6. The Bertz CT molecular complexity index is 743. The van der Waals surface area contributed by atoms with E-state index in [-0.39, 0.29) is 4.90 Å². The summed E-state index contributed by atoms with van der Waals surface area (Å²) in [6.45, 7) is 2.30. The molecule has 0 spiro atoms. The van der Waals surface area contributed by atoms with Gasteiger partial charge >= 0.3 is 0 Å². The molecule has 4 nitrogen and oxygen atoms in total. The average Bonchev–Trinajstić information content (AvgIpc) is 2.43. The van der Waals surface area contributed by atoms with Crippen LogP contribution in [0.5, 0.6) is 0 Å². The molecule has 2 N–H and O–H groups in total. The molecule has 2 rings (SSSR count). The van der Waals surface area contributed by atoms with Crippen LogP contribution in [0, 0.1) is 6.92 Å². The van der Waals surface area contributed by atoms with Crippen molar-refractivity contribution in [1.82, 2.24) is 4.31 Å². The van der Waals surface area contributed by atoms with Gasteiger partial charge in [0.1, 0.15) is 0 Å². The van der Waals surface area contributed by atoms with Gasteiger partial charge in [-0.15, -0.1) is 0 Å². The van der Waals surface area contributed by atoms with Crippen molar-refractivity contribution in [2.75, 3.05) is 12.8 Å². The molecule has 0 heterocycles. The first-order chi connectivity index (χ1) is 9.80. The van der Waals surface area contributed by atoms with Gasteiger partial charge in [-0.05, 0) is 46.6 Å². The summed E-state index contributed by atoms with van der Waals surface area (Å²) in [5.41, 5.74) is 8.19.